The zero-order valence-corrected chi connectivity index (χ0v) is 16.1. The Morgan fingerprint density at radius 1 is 1.23 bits per heavy atom. The van der Waals surface area contributed by atoms with Gasteiger partial charge in [0.15, 0.2) is 11.5 Å². The van der Waals surface area contributed by atoms with Crippen LogP contribution in [0.1, 0.15) is 31.7 Å². The van der Waals surface area contributed by atoms with Gasteiger partial charge in [0.25, 0.3) is 0 Å². The topological polar surface area (TPSA) is 62.8 Å². The molecule has 2 heterocycles. The fourth-order valence-corrected chi connectivity index (χ4v) is 3.59. The molecular weight excluding hydrogens is 354 g/mol. The van der Waals surface area contributed by atoms with Gasteiger partial charge in [0.05, 0.1) is 5.02 Å². The van der Waals surface area contributed by atoms with E-state index in [9.17, 15) is 4.79 Å². The summed E-state index contributed by atoms with van der Waals surface area (Å²) in [4.78, 5) is 14.4. The molecule has 0 spiro atoms. The highest BCUT2D eigenvalue weighted by Crippen LogP contribution is 2.38. The number of amides is 2. The average molecular weight is 382 g/mol. The minimum absolute atomic E-state index is 0.164. The van der Waals surface area contributed by atoms with Crippen molar-refractivity contribution >= 4 is 17.6 Å². The molecule has 6 nitrogen and oxygen atoms in total. The van der Waals surface area contributed by atoms with Crippen molar-refractivity contribution in [2.45, 2.75) is 32.7 Å². The van der Waals surface area contributed by atoms with Gasteiger partial charge in [-0.05, 0) is 62.5 Å². The lowest BCUT2D eigenvalue weighted by molar-refractivity contribution is 0.171. The van der Waals surface area contributed by atoms with E-state index >= 15 is 0 Å². The van der Waals surface area contributed by atoms with Crippen molar-refractivity contribution in [1.29, 1.82) is 0 Å². The molecule has 144 valence electrons. The summed E-state index contributed by atoms with van der Waals surface area (Å²) in [5.41, 5.74) is 0.886. The lowest BCUT2D eigenvalue weighted by Gasteiger charge is -2.30. The van der Waals surface area contributed by atoms with E-state index in [4.69, 9.17) is 21.1 Å². The molecule has 2 N–H and O–H groups in total. The second-order valence-electron chi connectivity index (χ2n) is 7.09. The predicted octanol–water partition coefficient (Wildman–Crippen LogP) is 3.03. The number of hydrogen-bond donors (Lipinski definition) is 2. The second kappa shape index (κ2) is 9.33. The van der Waals surface area contributed by atoms with Crippen molar-refractivity contribution in [2.75, 3.05) is 39.4 Å². The Hall–Kier alpha value is -1.66. The molecule has 0 unspecified atom stereocenters. The van der Waals surface area contributed by atoms with Crippen molar-refractivity contribution in [3.05, 3.63) is 22.7 Å². The van der Waals surface area contributed by atoms with Gasteiger partial charge in [0, 0.05) is 13.1 Å². The number of carbonyl (C=O) groups excluding carboxylic acids is 1. The first-order chi connectivity index (χ1) is 12.6. The Labute approximate surface area is 160 Å². The number of urea groups is 1. The quantitative estimate of drug-likeness (QED) is 0.743. The van der Waals surface area contributed by atoms with E-state index in [1.165, 1.54) is 25.9 Å². The van der Waals surface area contributed by atoms with Gasteiger partial charge in [0.2, 0.25) is 0 Å². The number of piperidine rings is 1. The van der Waals surface area contributed by atoms with E-state index < -0.39 is 0 Å². The van der Waals surface area contributed by atoms with Gasteiger partial charge >= 0.3 is 6.03 Å². The van der Waals surface area contributed by atoms with Gasteiger partial charge in [-0.3, -0.25) is 0 Å². The Balaban J connectivity index is 1.34. The third kappa shape index (κ3) is 5.42. The number of nitrogens with one attached hydrogen (secondary N) is 2. The fraction of sp³-hybridized carbons (Fsp3) is 0.632. The third-order valence-corrected chi connectivity index (χ3v) is 5.20. The molecule has 1 aromatic rings. The van der Waals surface area contributed by atoms with Gasteiger partial charge in [-0.25, -0.2) is 4.79 Å². The van der Waals surface area contributed by atoms with E-state index in [0.29, 0.717) is 42.8 Å². The van der Waals surface area contributed by atoms with Crippen LogP contribution in [0, 0.1) is 5.92 Å². The molecule has 0 aromatic heterocycles. The lowest BCUT2D eigenvalue weighted by atomic mass is 9.99. The number of carbonyl (C=O) groups is 1. The predicted molar refractivity (Wildman–Crippen MR) is 102 cm³/mol. The molecular formula is C19H28ClN3O3. The molecule has 3 rings (SSSR count). The summed E-state index contributed by atoms with van der Waals surface area (Å²) in [5.74, 6) is 2.07. The molecule has 7 heteroatoms. The molecule has 0 aliphatic carbocycles. The van der Waals surface area contributed by atoms with Crippen LogP contribution >= 0.6 is 11.6 Å². The van der Waals surface area contributed by atoms with Gasteiger partial charge in [-0.2, -0.15) is 0 Å². The number of benzene rings is 1. The number of nitrogens with zero attached hydrogens (tertiary/aromatic N) is 1. The van der Waals surface area contributed by atoms with Crippen LogP contribution in [0.3, 0.4) is 0 Å². The molecule has 0 saturated carbocycles. The first kappa shape index (κ1) is 19.1. The van der Waals surface area contributed by atoms with Crippen molar-refractivity contribution in [3.8, 4) is 11.5 Å². The average Bonchev–Trinajstić information content (AvgIpc) is 2.65. The summed E-state index contributed by atoms with van der Waals surface area (Å²) in [7, 11) is 0. The summed E-state index contributed by atoms with van der Waals surface area (Å²) in [6, 6.07) is 3.49. The van der Waals surface area contributed by atoms with E-state index in [1.54, 1.807) is 6.07 Å². The number of ether oxygens (including phenoxy) is 2. The maximum atomic E-state index is 12.0. The summed E-state index contributed by atoms with van der Waals surface area (Å²) < 4.78 is 11.0. The molecule has 0 radical (unpaired) electrons. The van der Waals surface area contributed by atoms with Crippen LogP contribution in [0.25, 0.3) is 0 Å². The second-order valence-corrected chi connectivity index (χ2v) is 7.50. The number of halogens is 1. The molecule has 2 amide bonds. The van der Waals surface area contributed by atoms with Gasteiger partial charge < -0.3 is 25.0 Å². The van der Waals surface area contributed by atoms with Crippen LogP contribution in [-0.2, 0) is 6.54 Å². The molecule has 26 heavy (non-hydrogen) atoms. The largest absolute Gasteiger partial charge is 0.486 e. The lowest BCUT2D eigenvalue weighted by Crippen LogP contribution is -2.38. The van der Waals surface area contributed by atoms with E-state index in [2.05, 4.69) is 22.5 Å². The van der Waals surface area contributed by atoms with Crippen molar-refractivity contribution in [1.82, 2.24) is 15.5 Å². The molecule has 0 atom stereocenters. The number of fused-ring (bicyclic) bond motifs is 1. The maximum Gasteiger partial charge on any atom is 0.315 e. The van der Waals surface area contributed by atoms with Crippen molar-refractivity contribution in [2.24, 2.45) is 5.92 Å². The molecule has 1 saturated heterocycles. The highest BCUT2D eigenvalue weighted by atomic mass is 35.5. The Kier molecular flexibility index (Phi) is 6.86. The Bertz CT molecular complexity index is 618. The zero-order valence-electron chi connectivity index (χ0n) is 15.4. The third-order valence-electron chi connectivity index (χ3n) is 4.92. The summed E-state index contributed by atoms with van der Waals surface area (Å²) in [5, 5.41) is 6.28. The molecule has 1 aromatic carbocycles. The number of rotatable bonds is 6. The SMILES string of the molecule is CC1CCN(CCCNC(=O)NCc2cc(Cl)c3c(c2)OCCO3)CC1. The molecule has 2 aliphatic rings. The van der Waals surface area contributed by atoms with E-state index in [1.807, 2.05) is 6.07 Å². The smallest absolute Gasteiger partial charge is 0.315 e. The van der Waals surface area contributed by atoms with Gasteiger partial charge in [-0.1, -0.05) is 18.5 Å². The summed E-state index contributed by atoms with van der Waals surface area (Å²) in [6.45, 7) is 7.81. The van der Waals surface area contributed by atoms with Crippen LogP contribution in [-0.4, -0.2) is 50.3 Å². The maximum absolute atomic E-state index is 12.0. The Morgan fingerprint density at radius 3 is 2.81 bits per heavy atom. The van der Waals surface area contributed by atoms with Crippen LogP contribution < -0.4 is 20.1 Å². The van der Waals surface area contributed by atoms with Crippen LogP contribution in [0.15, 0.2) is 12.1 Å². The monoisotopic (exact) mass is 381 g/mol. The first-order valence-electron chi connectivity index (χ1n) is 9.44. The summed E-state index contributed by atoms with van der Waals surface area (Å²) >= 11 is 6.21. The van der Waals surface area contributed by atoms with E-state index in [0.717, 1.165) is 24.4 Å². The molecule has 2 aliphatic heterocycles. The normalized spacial score (nSPS) is 17.8. The summed E-state index contributed by atoms with van der Waals surface area (Å²) in [6.07, 6.45) is 3.54. The minimum atomic E-state index is -0.164. The number of hydrogen-bond acceptors (Lipinski definition) is 4. The highest BCUT2D eigenvalue weighted by molar-refractivity contribution is 6.32. The minimum Gasteiger partial charge on any atom is -0.486 e. The van der Waals surface area contributed by atoms with Crippen LogP contribution in [0.5, 0.6) is 11.5 Å². The van der Waals surface area contributed by atoms with Crippen LogP contribution in [0.2, 0.25) is 5.02 Å². The Morgan fingerprint density at radius 2 is 2.00 bits per heavy atom. The van der Waals surface area contributed by atoms with Gasteiger partial charge in [0.1, 0.15) is 13.2 Å². The first-order valence-corrected chi connectivity index (χ1v) is 9.81. The van der Waals surface area contributed by atoms with Crippen molar-refractivity contribution in [3.63, 3.8) is 0 Å². The molecule has 0 bridgehead atoms. The zero-order chi connectivity index (χ0) is 18.4. The highest BCUT2D eigenvalue weighted by Gasteiger charge is 2.17. The fourth-order valence-electron chi connectivity index (χ4n) is 3.30. The van der Waals surface area contributed by atoms with Crippen molar-refractivity contribution < 1.29 is 14.3 Å². The number of likely N-dealkylation sites (tertiary alicyclic amines) is 1. The standard InChI is InChI=1S/C19H28ClN3O3/c1-14-3-7-23(8-4-14)6-2-5-21-19(24)22-13-15-11-16(20)18-17(12-15)25-9-10-26-18/h11-12,14H,2-10,13H2,1H3,(H2,21,22,24). The van der Waals surface area contributed by atoms with Gasteiger partial charge in [-0.15, -0.1) is 0 Å². The molecule has 1 fully saturated rings. The van der Waals surface area contributed by atoms with E-state index in [-0.39, 0.29) is 6.03 Å². The van der Waals surface area contributed by atoms with Crippen LogP contribution in [0.4, 0.5) is 4.79 Å².